The van der Waals surface area contributed by atoms with Crippen LogP contribution in [0.4, 0.5) is 0 Å². The van der Waals surface area contributed by atoms with Crippen molar-refractivity contribution < 1.29 is 14.6 Å². The minimum atomic E-state index is -0.479. The zero-order chi connectivity index (χ0) is 27.5. The smallest absolute Gasteiger partial charge is 0.251 e. The summed E-state index contributed by atoms with van der Waals surface area (Å²) in [5.41, 5.74) is 5.61. The Kier molecular flexibility index (Phi) is 8.21. The van der Waals surface area contributed by atoms with Gasteiger partial charge in [-0.25, -0.2) is 4.98 Å². The van der Waals surface area contributed by atoms with E-state index in [2.05, 4.69) is 42.6 Å². The van der Waals surface area contributed by atoms with Gasteiger partial charge in [0, 0.05) is 42.7 Å². The normalized spacial score (nSPS) is 16.6. The van der Waals surface area contributed by atoms with Gasteiger partial charge in [0.25, 0.3) is 5.91 Å². The molecule has 5 rings (SSSR count). The molecule has 0 spiro atoms. The van der Waals surface area contributed by atoms with Crippen molar-refractivity contribution in [1.82, 2.24) is 19.6 Å². The Balaban J connectivity index is 1.32. The van der Waals surface area contributed by atoms with Crippen molar-refractivity contribution in [3.63, 3.8) is 0 Å². The number of aliphatic hydroxyl groups excluding tert-OH is 1. The number of amides is 1. The van der Waals surface area contributed by atoms with Crippen LogP contribution >= 0.6 is 11.6 Å². The summed E-state index contributed by atoms with van der Waals surface area (Å²) in [6, 6.07) is 17.3. The molecule has 4 aromatic rings. The summed E-state index contributed by atoms with van der Waals surface area (Å²) in [6.45, 7) is 7.29. The van der Waals surface area contributed by atoms with E-state index < -0.39 is 6.23 Å². The maximum atomic E-state index is 13.2. The number of carbonyl (C=O) groups excluding carboxylic acids is 1. The first kappa shape index (κ1) is 27.2. The summed E-state index contributed by atoms with van der Waals surface area (Å²) in [5, 5.41) is 14.0. The number of imidazole rings is 1. The molecule has 7 nitrogen and oxygen atoms in total. The molecule has 0 aliphatic carbocycles. The van der Waals surface area contributed by atoms with Crippen LogP contribution in [0.15, 0.2) is 67.0 Å². The molecular weight excluding hydrogens is 512 g/mol. The zero-order valence-corrected chi connectivity index (χ0v) is 23.4. The highest BCUT2D eigenvalue weighted by atomic mass is 35.5. The molecule has 1 unspecified atom stereocenters. The molecule has 2 atom stereocenters. The van der Waals surface area contributed by atoms with Crippen LogP contribution in [0.1, 0.15) is 48.2 Å². The van der Waals surface area contributed by atoms with Crippen LogP contribution in [0.25, 0.3) is 16.9 Å². The van der Waals surface area contributed by atoms with Crippen molar-refractivity contribution in [2.75, 3.05) is 13.1 Å². The van der Waals surface area contributed by atoms with Gasteiger partial charge in [-0.1, -0.05) is 41.9 Å². The van der Waals surface area contributed by atoms with Gasteiger partial charge < -0.3 is 19.6 Å². The second-order valence-electron chi connectivity index (χ2n) is 10.5. The third-order valence-corrected chi connectivity index (χ3v) is 7.38. The Bertz CT molecular complexity index is 1450. The van der Waals surface area contributed by atoms with Gasteiger partial charge in [-0.3, -0.25) is 9.69 Å². The highest BCUT2D eigenvalue weighted by Gasteiger charge is 2.26. The molecule has 2 N–H and O–H groups in total. The number of benzene rings is 2. The Morgan fingerprint density at radius 2 is 2.00 bits per heavy atom. The third kappa shape index (κ3) is 6.44. The van der Waals surface area contributed by atoms with Gasteiger partial charge in [0.1, 0.15) is 17.6 Å². The average molecular weight is 547 g/mol. The fourth-order valence-corrected chi connectivity index (χ4v) is 5.34. The van der Waals surface area contributed by atoms with Gasteiger partial charge in [-0.15, -0.1) is 0 Å². The van der Waals surface area contributed by atoms with Gasteiger partial charge in [0.2, 0.25) is 0 Å². The summed E-state index contributed by atoms with van der Waals surface area (Å²) in [7, 11) is 0. The number of likely N-dealkylation sites (tertiary alicyclic amines) is 1. The number of halogens is 1. The Morgan fingerprint density at radius 3 is 2.67 bits per heavy atom. The van der Waals surface area contributed by atoms with Crippen molar-refractivity contribution >= 4 is 23.2 Å². The molecule has 1 aliphatic rings. The minimum absolute atomic E-state index is 0.0124. The van der Waals surface area contributed by atoms with Crippen molar-refractivity contribution in [2.45, 2.75) is 58.4 Å². The van der Waals surface area contributed by atoms with Crippen LogP contribution in [0, 0.1) is 6.92 Å². The van der Waals surface area contributed by atoms with Crippen molar-refractivity contribution in [3.8, 4) is 17.0 Å². The number of aliphatic hydroxyl groups is 1. The van der Waals surface area contributed by atoms with Gasteiger partial charge in [0.05, 0.1) is 16.8 Å². The Morgan fingerprint density at radius 1 is 1.21 bits per heavy atom. The van der Waals surface area contributed by atoms with E-state index in [4.69, 9.17) is 21.3 Å². The van der Waals surface area contributed by atoms with Crippen LogP contribution in [-0.4, -0.2) is 56.8 Å². The Hall–Kier alpha value is -3.39. The number of carbonyl (C=O) groups is 1. The molecular formula is C31H35ClN4O3. The van der Waals surface area contributed by atoms with Gasteiger partial charge in [-0.2, -0.15) is 0 Å². The molecule has 0 bridgehead atoms. The highest BCUT2D eigenvalue weighted by molar-refractivity contribution is 6.32. The summed E-state index contributed by atoms with van der Waals surface area (Å²) in [5.74, 6) is 0.351. The number of nitrogens with zero attached hydrogens (tertiary/aromatic N) is 3. The molecule has 0 saturated carbocycles. The number of rotatable bonds is 9. The first-order valence-corrected chi connectivity index (χ1v) is 13.9. The van der Waals surface area contributed by atoms with E-state index in [-0.39, 0.29) is 18.1 Å². The van der Waals surface area contributed by atoms with Crippen LogP contribution < -0.4 is 10.1 Å². The molecule has 204 valence electrons. The van der Waals surface area contributed by atoms with Gasteiger partial charge >= 0.3 is 0 Å². The molecule has 0 radical (unpaired) electrons. The predicted octanol–water partition coefficient (Wildman–Crippen LogP) is 5.51. The number of fused-ring (bicyclic) bond motifs is 1. The summed E-state index contributed by atoms with van der Waals surface area (Å²) < 4.78 is 7.74. The highest BCUT2D eigenvalue weighted by Crippen LogP contribution is 2.27. The number of hydrogen-bond donors (Lipinski definition) is 2. The SMILES string of the molecule is Cc1cccn2cc(-c3ccc(C[C@@H](CN4CCCC4O)NC(=O)c4ccc(OC(C)C)c(Cl)c4)cc3)nc12. The number of pyridine rings is 1. The van der Waals surface area contributed by atoms with Crippen molar-refractivity contribution in [1.29, 1.82) is 0 Å². The first-order valence-electron chi connectivity index (χ1n) is 13.5. The fourth-order valence-electron chi connectivity index (χ4n) is 5.11. The van der Waals surface area contributed by atoms with E-state index in [1.165, 1.54) is 0 Å². The summed E-state index contributed by atoms with van der Waals surface area (Å²) in [6.07, 6.45) is 5.88. The second-order valence-corrected chi connectivity index (χ2v) is 11.0. The van der Waals surface area contributed by atoms with Gasteiger partial charge in [-0.05, 0) is 75.4 Å². The second kappa shape index (κ2) is 11.8. The number of hydrogen-bond acceptors (Lipinski definition) is 5. The molecule has 2 aromatic heterocycles. The van der Waals surface area contributed by atoms with E-state index in [9.17, 15) is 9.90 Å². The quantitative estimate of drug-likeness (QED) is 0.289. The molecule has 39 heavy (non-hydrogen) atoms. The molecule has 1 saturated heterocycles. The maximum absolute atomic E-state index is 13.2. The topological polar surface area (TPSA) is 79.1 Å². The van der Waals surface area contributed by atoms with Crippen LogP contribution in [0.5, 0.6) is 5.75 Å². The number of nitrogens with one attached hydrogen (secondary N) is 1. The molecule has 1 fully saturated rings. The van der Waals surface area contributed by atoms with Crippen LogP contribution in [-0.2, 0) is 6.42 Å². The van der Waals surface area contributed by atoms with Crippen LogP contribution in [0.3, 0.4) is 0 Å². The van der Waals surface area contributed by atoms with Crippen LogP contribution in [0.2, 0.25) is 5.02 Å². The van der Waals surface area contributed by atoms with E-state index in [1.807, 2.05) is 41.6 Å². The summed E-state index contributed by atoms with van der Waals surface area (Å²) >= 11 is 6.39. The fraction of sp³-hybridized carbons (Fsp3) is 0.355. The number of aromatic nitrogens is 2. The maximum Gasteiger partial charge on any atom is 0.251 e. The van der Waals surface area contributed by atoms with Gasteiger partial charge in [0.15, 0.2) is 0 Å². The minimum Gasteiger partial charge on any atom is -0.489 e. The number of ether oxygens (including phenoxy) is 1. The lowest BCUT2D eigenvalue weighted by atomic mass is 10.0. The lowest BCUT2D eigenvalue weighted by molar-refractivity contribution is 0.0314. The summed E-state index contributed by atoms with van der Waals surface area (Å²) in [4.78, 5) is 20.1. The molecule has 1 amide bonds. The lowest BCUT2D eigenvalue weighted by Crippen LogP contribution is -2.46. The Labute approximate surface area is 234 Å². The van der Waals surface area contributed by atoms with Crippen molar-refractivity contribution in [2.24, 2.45) is 0 Å². The largest absolute Gasteiger partial charge is 0.489 e. The van der Waals surface area contributed by atoms with E-state index >= 15 is 0 Å². The van der Waals surface area contributed by atoms with E-state index in [1.54, 1.807) is 18.2 Å². The molecule has 3 heterocycles. The zero-order valence-electron chi connectivity index (χ0n) is 22.6. The number of aryl methyl sites for hydroxylation is 1. The van der Waals surface area contributed by atoms with Crippen molar-refractivity contribution in [3.05, 3.63) is 88.7 Å². The standard InChI is InChI=1S/C31H35ClN4O3/c1-20(2)39-28-13-12-24(17-26(28)32)31(38)33-25(18-35-14-5-7-29(35)37)16-22-8-10-23(11-9-22)27-19-36-15-4-6-21(3)30(36)34-27/h4,6,8-13,15,17,19-20,25,29,37H,5,7,14,16,18H2,1-3H3,(H,33,38)/t25-,29?/m0/s1. The first-order chi connectivity index (χ1) is 18.8. The molecule has 1 aliphatic heterocycles. The average Bonchev–Trinajstić information content (AvgIpc) is 3.52. The van der Waals surface area contributed by atoms with E-state index in [0.717, 1.165) is 47.4 Å². The molecule has 8 heteroatoms. The lowest BCUT2D eigenvalue weighted by Gasteiger charge is -2.27. The third-order valence-electron chi connectivity index (χ3n) is 7.09. The van der Waals surface area contributed by atoms with E-state index in [0.29, 0.717) is 29.3 Å². The predicted molar refractivity (Wildman–Crippen MR) is 154 cm³/mol. The monoisotopic (exact) mass is 546 g/mol. The molecule has 2 aromatic carbocycles.